The molecular weight excluding hydrogens is 290 g/mol. The summed E-state index contributed by atoms with van der Waals surface area (Å²) in [5.41, 5.74) is 0.618. The molecule has 1 atom stereocenters. The van der Waals surface area contributed by atoms with Crippen molar-refractivity contribution in [3.8, 4) is 0 Å². The highest BCUT2D eigenvalue weighted by molar-refractivity contribution is 6.33. The number of carbonyl (C=O) groups excluding carboxylic acids is 1. The van der Waals surface area contributed by atoms with Gasteiger partial charge < -0.3 is 15.7 Å². The van der Waals surface area contributed by atoms with E-state index in [2.05, 4.69) is 10.6 Å². The van der Waals surface area contributed by atoms with Gasteiger partial charge in [0.1, 0.15) is 0 Å². The number of rotatable bonds is 7. The number of nitrogens with zero attached hydrogens (tertiary/aromatic N) is 1. The van der Waals surface area contributed by atoms with Gasteiger partial charge in [-0.2, -0.15) is 0 Å². The molecule has 1 aliphatic rings. The Bertz CT molecular complexity index is 464. The highest BCUT2D eigenvalue weighted by Crippen LogP contribution is 2.20. The SMILES string of the molecule is O=C(CN(CCO)CC1CCCN1)Nc1ccccc1Cl. The average Bonchev–Trinajstić information content (AvgIpc) is 2.94. The number of anilines is 1. The van der Waals surface area contributed by atoms with Crippen LogP contribution in [0.1, 0.15) is 12.8 Å². The zero-order valence-corrected chi connectivity index (χ0v) is 12.8. The van der Waals surface area contributed by atoms with Crippen LogP contribution in [0.25, 0.3) is 0 Å². The van der Waals surface area contributed by atoms with Crippen molar-refractivity contribution in [2.75, 3.05) is 38.1 Å². The lowest BCUT2D eigenvalue weighted by atomic mass is 10.2. The van der Waals surface area contributed by atoms with Crippen molar-refractivity contribution in [1.29, 1.82) is 0 Å². The Balaban J connectivity index is 1.86. The summed E-state index contributed by atoms with van der Waals surface area (Å²) in [5, 5.41) is 15.9. The van der Waals surface area contributed by atoms with Gasteiger partial charge in [-0.25, -0.2) is 0 Å². The van der Waals surface area contributed by atoms with Gasteiger partial charge in [0.15, 0.2) is 0 Å². The summed E-state index contributed by atoms with van der Waals surface area (Å²) in [6.45, 7) is 2.60. The third kappa shape index (κ3) is 5.28. The van der Waals surface area contributed by atoms with E-state index in [1.54, 1.807) is 12.1 Å². The number of benzene rings is 1. The first-order chi connectivity index (χ1) is 10.2. The summed E-state index contributed by atoms with van der Waals surface area (Å²) in [7, 11) is 0. The molecule has 1 aromatic carbocycles. The van der Waals surface area contributed by atoms with Crippen LogP contribution in [0, 0.1) is 0 Å². The van der Waals surface area contributed by atoms with Gasteiger partial charge in [-0.05, 0) is 31.5 Å². The molecule has 1 aliphatic heterocycles. The van der Waals surface area contributed by atoms with Crippen molar-refractivity contribution in [2.24, 2.45) is 0 Å². The molecule has 6 heteroatoms. The van der Waals surface area contributed by atoms with Crippen LogP contribution in [0.15, 0.2) is 24.3 Å². The predicted octanol–water partition coefficient (Wildman–Crippen LogP) is 1.32. The average molecular weight is 312 g/mol. The first-order valence-corrected chi connectivity index (χ1v) is 7.68. The lowest BCUT2D eigenvalue weighted by Gasteiger charge is -2.24. The number of para-hydroxylation sites is 1. The molecule has 1 amide bonds. The summed E-state index contributed by atoms with van der Waals surface area (Å²) in [6, 6.07) is 7.57. The van der Waals surface area contributed by atoms with Crippen molar-refractivity contribution >= 4 is 23.2 Å². The maximum Gasteiger partial charge on any atom is 0.238 e. The maximum absolute atomic E-state index is 12.1. The second kappa shape index (κ2) is 8.34. The zero-order chi connectivity index (χ0) is 15.1. The number of nitrogens with one attached hydrogen (secondary N) is 2. The Morgan fingerprint density at radius 2 is 2.29 bits per heavy atom. The molecule has 2 rings (SSSR count). The van der Waals surface area contributed by atoms with Crippen molar-refractivity contribution in [1.82, 2.24) is 10.2 Å². The van der Waals surface area contributed by atoms with E-state index in [0.717, 1.165) is 19.5 Å². The second-order valence-corrected chi connectivity index (χ2v) is 5.69. The van der Waals surface area contributed by atoms with Crippen molar-refractivity contribution < 1.29 is 9.90 Å². The number of carbonyl (C=O) groups is 1. The summed E-state index contributed by atoms with van der Waals surface area (Å²) in [6.07, 6.45) is 2.29. The highest BCUT2D eigenvalue weighted by atomic mass is 35.5. The minimum absolute atomic E-state index is 0.0477. The monoisotopic (exact) mass is 311 g/mol. The van der Waals surface area contributed by atoms with Crippen LogP contribution in [0.2, 0.25) is 5.02 Å². The molecule has 1 aromatic rings. The van der Waals surface area contributed by atoms with Crippen molar-refractivity contribution in [3.05, 3.63) is 29.3 Å². The first-order valence-electron chi connectivity index (χ1n) is 7.30. The molecule has 1 heterocycles. The Kier molecular flexibility index (Phi) is 6.45. The van der Waals surface area contributed by atoms with E-state index in [1.807, 2.05) is 17.0 Å². The van der Waals surface area contributed by atoms with Gasteiger partial charge >= 0.3 is 0 Å². The summed E-state index contributed by atoms with van der Waals surface area (Å²) in [4.78, 5) is 14.1. The molecule has 0 spiro atoms. The van der Waals surface area contributed by atoms with Gasteiger partial charge in [0.05, 0.1) is 23.9 Å². The van der Waals surface area contributed by atoms with Gasteiger partial charge in [0.25, 0.3) is 0 Å². The fourth-order valence-corrected chi connectivity index (χ4v) is 2.74. The number of halogens is 1. The molecule has 1 unspecified atom stereocenters. The van der Waals surface area contributed by atoms with E-state index in [1.165, 1.54) is 6.42 Å². The van der Waals surface area contributed by atoms with Crippen LogP contribution in [0.4, 0.5) is 5.69 Å². The van der Waals surface area contributed by atoms with Crippen LogP contribution < -0.4 is 10.6 Å². The molecule has 0 radical (unpaired) electrons. The van der Waals surface area contributed by atoms with Crippen molar-refractivity contribution in [3.63, 3.8) is 0 Å². The molecule has 1 saturated heterocycles. The minimum Gasteiger partial charge on any atom is -0.395 e. The number of amides is 1. The normalized spacial score (nSPS) is 18.1. The number of aliphatic hydroxyl groups excluding tert-OH is 1. The summed E-state index contributed by atoms with van der Waals surface area (Å²) < 4.78 is 0. The Labute approximate surface area is 130 Å². The van der Waals surface area contributed by atoms with Gasteiger partial charge in [-0.3, -0.25) is 9.69 Å². The smallest absolute Gasteiger partial charge is 0.238 e. The zero-order valence-electron chi connectivity index (χ0n) is 12.0. The molecule has 0 aliphatic carbocycles. The van der Waals surface area contributed by atoms with E-state index in [9.17, 15) is 4.79 Å². The molecule has 0 bridgehead atoms. The van der Waals surface area contributed by atoms with Gasteiger partial charge in [-0.15, -0.1) is 0 Å². The summed E-state index contributed by atoms with van der Waals surface area (Å²) in [5.74, 6) is -0.116. The van der Waals surface area contributed by atoms with Crippen LogP contribution in [-0.4, -0.2) is 54.7 Å². The topological polar surface area (TPSA) is 64.6 Å². The largest absolute Gasteiger partial charge is 0.395 e. The third-order valence-electron chi connectivity index (χ3n) is 3.57. The maximum atomic E-state index is 12.1. The number of aliphatic hydroxyl groups is 1. The lowest BCUT2D eigenvalue weighted by molar-refractivity contribution is -0.117. The molecule has 5 nitrogen and oxygen atoms in total. The van der Waals surface area contributed by atoms with E-state index in [4.69, 9.17) is 16.7 Å². The fraction of sp³-hybridized carbons (Fsp3) is 0.533. The standard InChI is InChI=1S/C15H22ClN3O2/c16-13-5-1-2-6-14(13)18-15(21)11-19(8-9-20)10-12-4-3-7-17-12/h1-2,5-6,12,17,20H,3-4,7-11H2,(H,18,21). The van der Waals surface area contributed by atoms with Crippen molar-refractivity contribution in [2.45, 2.75) is 18.9 Å². The molecule has 1 fully saturated rings. The van der Waals surface area contributed by atoms with E-state index in [-0.39, 0.29) is 19.1 Å². The number of hydrogen-bond acceptors (Lipinski definition) is 4. The van der Waals surface area contributed by atoms with Gasteiger partial charge in [0.2, 0.25) is 5.91 Å². The molecular formula is C15H22ClN3O2. The lowest BCUT2D eigenvalue weighted by Crippen LogP contribution is -2.42. The van der Waals surface area contributed by atoms with Gasteiger partial charge in [-0.1, -0.05) is 23.7 Å². The molecule has 21 heavy (non-hydrogen) atoms. The van der Waals surface area contributed by atoms with Crippen LogP contribution in [0.5, 0.6) is 0 Å². The van der Waals surface area contributed by atoms with E-state index >= 15 is 0 Å². The number of hydrogen-bond donors (Lipinski definition) is 3. The molecule has 0 aromatic heterocycles. The van der Waals surface area contributed by atoms with E-state index < -0.39 is 0 Å². The highest BCUT2D eigenvalue weighted by Gasteiger charge is 2.19. The van der Waals surface area contributed by atoms with Crippen LogP contribution >= 0.6 is 11.6 Å². The van der Waals surface area contributed by atoms with Crippen LogP contribution in [-0.2, 0) is 4.79 Å². The quantitative estimate of drug-likeness (QED) is 0.711. The molecule has 0 saturated carbocycles. The fourth-order valence-electron chi connectivity index (χ4n) is 2.56. The first kappa shape index (κ1) is 16.2. The Morgan fingerprint density at radius 1 is 1.48 bits per heavy atom. The third-order valence-corrected chi connectivity index (χ3v) is 3.90. The Morgan fingerprint density at radius 3 is 2.95 bits per heavy atom. The second-order valence-electron chi connectivity index (χ2n) is 5.28. The van der Waals surface area contributed by atoms with Crippen LogP contribution in [0.3, 0.4) is 0 Å². The Hall–Kier alpha value is -1.14. The van der Waals surface area contributed by atoms with E-state index in [0.29, 0.717) is 23.3 Å². The minimum atomic E-state index is -0.116. The molecule has 116 valence electrons. The van der Waals surface area contributed by atoms with Gasteiger partial charge in [0, 0.05) is 19.1 Å². The summed E-state index contributed by atoms with van der Waals surface area (Å²) >= 11 is 6.03. The molecule has 3 N–H and O–H groups in total. The predicted molar refractivity (Wildman–Crippen MR) is 84.6 cm³/mol.